The molecular formula is C17H35IN4O3S2. The van der Waals surface area contributed by atoms with Crippen LogP contribution in [0.25, 0.3) is 0 Å². The number of hydrogen-bond donors (Lipinski definition) is 3. The van der Waals surface area contributed by atoms with Crippen LogP contribution < -0.4 is 10.6 Å². The first kappa shape index (κ1) is 25.3. The van der Waals surface area contributed by atoms with Crippen molar-refractivity contribution in [2.24, 2.45) is 10.4 Å². The molecule has 7 nitrogen and oxygen atoms in total. The fourth-order valence-corrected chi connectivity index (χ4v) is 5.91. The van der Waals surface area contributed by atoms with Gasteiger partial charge >= 0.3 is 0 Å². The molecular weight excluding hydrogens is 499 g/mol. The van der Waals surface area contributed by atoms with Gasteiger partial charge in [0.25, 0.3) is 0 Å². The summed E-state index contributed by atoms with van der Waals surface area (Å²) in [6, 6.07) is 0. The van der Waals surface area contributed by atoms with Gasteiger partial charge in [-0.15, -0.1) is 24.0 Å². The molecule has 2 unspecified atom stereocenters. The molecule has 0 aromatic rings. The van der Waals surface area contributed by atoms with Gasteiger partial charge in [-0.3, -0.25) is 4.99 Å². The Bertz CT molecular complexity index is 571. The number of hydrogen-bond acceptors (Lipinski definition) is 5. The van der Waals surface area contributed by atoms with E-state index in [0.717, 1.165) is 37.2 Å². The van der Waals surface area contributed by atoms with Crippen LogP contribution in [0.2, 0.25) is 0 Å². The summed E-state index contributed by atoms with van der Waals surface area (Å²) in [6.45, 7) is 6.87. The first-order valence-corrected chi connectivity index (χ1v) is 12.4. The molecule has 1 aliphatic heterocycles. The van der Waals surface area contributed by atoms with Gasteiger partial charge in [-0.2, -0.15) is 11.8 Å². The highest BCUT2D eigenvalue weighted by atomic mass is 127. The number of nitrogens with one attached hydrogen (secondary N) is 2. The Labute approximate surface area is 185 Å². The van der Waals surface area contributed by atoms with E-state index in [9.17, 15) is 13.5 Å². The fourth-order valence-electron chi connectivity index (χ4n) is 3.42. The second-order valence-electron chi connectivity index (χ2n) is 7.36. The normalized spacial score (nSPS) is 27.7. The van der Waals surface area contributed by atoms with Crippen LogP contribution in [0, 0.1) is 5.41 Å². The largest absolute Gasteiger partial charge is 0.392 e. The Balaban J connectivity index is 0.00000364. The summed E-state index contributed by atoms with van der Waals surface area (Å²) in [6.07, 6.45) is 3.69. The first-order chi connectivity index (χ1) is 12.4. The first-order valence-electron chi connectivity index (χ1n) is 9.63. The number of aliphatic imine (C=N–C) groups is 1. The molecule has 0 amide bonds. The van der Waals surface area contributed by atoms with Crippen LogP contribution in [-0.4, -0.2) is 79.9 Å². The number of rotatable bonds is 7. The summed E-state index contributed by atoms with van der Waals surface area (Å²) in [5, 5.41) is 16.6. The molecule has 1 heterocycles. The second-order valence-corrected chi connectivity index (χ2v) is 10.7. The Morgan fingerprint density at radius 2 is 2.00 bits per heavy atom. The van der Waals surface area contributed by atoms with Crippen LogP contribution in [0.4, 0.5) is 0 Å². The van der Waals surface area contributed by atoms with Crippen molar-refractivity contribution in [2.45, 2.75) is 45.6 Å². The van der Waals surface area contributed by atoms with Crippen LogP contribution in [0.3, 0.4) is 0 Å². The monoisotopic (exact) mass is 534 g/mol. The molecule has 160 valence electrons. The lowest BCUT2D eigenvalue weighted by Gasteiger charge is -2.37. The molecule has 2 atom stereocenters. The molecule has 0 spiro atoms. The number of aliphatic hydroxyl groups excluding tert-OH is 1. The summed E-state index contributed by atoms with van der Waals surface area (Å²) < 4.78 is 26.4. The predicted octanol–water partition coefficient (Wildman–Crippen LogP) is 1.48. The molecule has 0 bridgehead atoms. The molecule has 2 rings (SSSR count). The molecule has 0 aromatic heterocycles. The van der Waals surface area contributed by atoms with Gasteiger partial charge in [0.05, 0.1) is 18.4 Å². The van der Waals surface area contributed by atoms with Crippen molar-refractivity contribution >= 4 is 51.7 Å². The van der Waals surface area contributed by atoms with E-state index in [1.807, 2.05) is 6.92 Å². The maximum atomic E-state index is 12.4. The topological polar surface area (TPSA) is 94.0 Å². The lowest BCUT2D eigenvalue weighted by Crippen LogP contribution is -2.45. The number of aliphatic hydroxyl groups is 1. The average Bonchev–Trinajstić information content (AvgIpc) is 2.63. The summed E-state index contributed by atoms with van der Waals surface area (Å²) in [5.41, 5.74) is -0.196. The highest BCUT2D eigenvalue weighted by Gasteiger charge is 2.35. The maximum absolute atomic E-state index is 12.4. The molecule has 3 N–H and O–H groups in total. The quantitative estimate of drug-likeness (QED) is 0.260. The fraction of sp³-hybridized carbons (Fsp3) is 0.941. The van der Waals surface area contributed by atoms with Crippen molar-refractivity contribution in [1.82, 2.24) is 14.9 Å². The lowest BCUT2D eigenvalue weighted by atomic mass is 9.73. The minimum Gasteiger partial charge on any atom is -0.392 e. The molecule has 0 aromatic carbocycles. The molecule has 2 aliphatic rings. The van der Waals surface area contributed by atoms with E-state index in [0.29, 0.717) is 38.7 Å². The van der Waals surface area contributed by atoms with E-state index in [1.165, 1.54) is 0 Å². The standard InChI is InChI=1S/C17H34N4O3S2.HI/c1-3-18-16(20-14-17(2)7-5-4-6-15(17)22)19-8-13-26(23,24)21-9-11-25-12-10-21;/h15,22H,3-14H2,1-2H3,(H2,18,19,20);1H. The van der Waals surface area contributed by atoms with Crippen molar-refractivity contribution in [3.8, 4) is 0 Å². The third-order valence-corrected chi connectivity index (χ3v) is 8.05. The molecule has 1 saturated carbocycles. The molecule has 0 radical (unpaired) electrons. The predicted molar refractivity (Wildman–Crippen MR) is 125 cm³/mol. The summed E-state index contributed by atoms with van der Waals surface area (Å²) in [4.78, 5) is 4.61. The number of nitrogens with zero attached hydrogens (tertiary/aromatic N) is 2. The van der Waals surface area contributed by atoms with Crippen LogP contribution >= 0.6 is 35.7 Å². The van der Waals surface area contributed by atoms with Crippen LogP contribution in [0.1, 0.15) is 39.5 Å². The Morgan fingerprint density at radius 1 is 1.30 bits per heavy atom. The van der Waals surface area contributed by atoms with Gasteiger partial charge in [-0.25, -0.2) is 12.7 Å². The zero-order valence-electron chi connectivity index (χ0n) is 16.4. The summed E-state index contributed by atoms with van der Waals surface area (Å²) in [5.74, 6) is 2.44. The van der Waals surface area contributed by atoms with Crippen molar-refractivity contribution in [3.63, 3.8) is 0 Å². The van der Waals surface area contributed by atoms with Crippen molar-refractivity contribution in [2.75, 3.05) is 50.0 Å². The Morgan fingerprint density at radius 3 is 2.63 bits per heavy atom. The van der Waals surface area contributed by atoms with Crippen molar-refractivity contribution < 1.29 is 13.5 Å². The highest BCUT2D eigenvalue weighted by Crippen LogP contribution is 2.36. The van der Waals surface area contributed by atoms with Crippen LogP contribution in [0.5, 0.6) is 0 Å². The minimum absolute atomic E-state index is 0. The summed E-state index contributed by atoms with van der Waals surface area (Å²) >= 11 is 1.80. The third kappa shape index (κ3) is 7.87. The van der Waals surface area contributed by atoms with Gasteiger partial charge in [0, 0.05) is 43.1 Å². The zero-order valence-corrected chi connectivity index (χ0v) is 20.4. The third-order valence-electron chi connectivity index (χ3n) is 5.24. The second kappa shape index (κ2) is 12.0. The molecule has 27 heavy (non-hydrogen) atoms. The van der Waals surface area contributed by atoms with Gasteiger partial charge < -0.3 is 15.7 Å². The van der Waals surface area contributed by atoms with E-state index in [2.05, 4.69) is 22.5 Å². The molecule has 2 fully saturated rings. The van der Waals surface area contributed by atoms with E-state index in [4.69, 9.17) is 0 Å². The molecule has 1 saturated heterocycles. The smallest absolute Gasteiger partial charge is 0.215 e. The Hall–Kier alpha value is 0.220. The van der Waals surface area contributed by atoms with E-state index < -0.39 is 10.0 Å². The molecule has 10 heteroatoms. The number of thioether (sulfide) groups is 1. The highest BCUT2D eigenvalue weighted by molar-refractivity contribution is 14.0. The Kier molecular flexibility index (Phi) is 11.3. The minimum atomic E-state index is -3.22. The number of sulfonamides is 1. The van der Waals surface area contributed by atoms with Crippen LogP contribution in [0.15, 0.2) is 4.99 Å². The zero-order chi connectivity index (χ0) is 19.0. The van der Waals surface area contributed by atoms with Crippen LogP contribution in [-0.2, 0) is 10.0 Å². The van der Waals surface area contributed by atoms with E-state index in [-0.39, 0.29) is 41.2 Å². The number of halogens is 1. The van der Waals surface area contributed by atoms with E-state index in [1.54, 1.807) is 16.1 Å². The lowest BCUT2D eigenvalue weighted by molar-refractivity contribution is 0.00716. The maximum Gasteiger partial charge on any atom is 0.215 e. The van der Waals surface area contributed by atoms with Gasteiger partial charge in [-0.05, 0) is 19.8 Å². The van der Waals surface area contributed by atoms with E-state index >= 15 is 0 Å². The summed E-state index contributed by atoms with van der Waals surface area (Å²) in [7, 11) is -3.22. The van der Waals surface area contributed by atoms with Gasteiger partial charge in [0.1, 0.15) is 0 Å². The molecule has 1 aliphatic carbocycles. The average molecular weight is 535 g/mol. The van der Waals surface area contributed by atoms with Gasteiger partial charge in [-0.1, -0.05) is 19.8 Å². The number of guanidine groups is 1. The van der Waals surface area contributed by atoms with Gasteiger partial charge in [0.15, 0.2) is 5.96 Å². The van der Waals surface area contributed by atoms with Crippen molar-refractivity contribution in [3.05, 3.63) is 0 Å². The SMILES string of the molecule is CCNC(=NCC1(C)CCCCC1O)NCCS(=O)(=O)N1CCSCC1.I. The van der Waals surface area contributed by atoms with Crippen molar-refractivity contribution in [1.29, 1.82) is 0 Å². The van der Waals surface area contributed by atoms with Gasteiger partial charge in [0.2, 0.25) is 10.0 Å².